The van der Waals surface area contributed by atoms with Crippen molar-refractivity contribution in [2.75, 3.05) is 6.54 Å². The highest BCUT2D eigenvalue weighted by Crippen LogP contribution is 2.39. The van der Waals surface area contributed by atoms with Crippen LogP contribution >= 0.6 is 11.3 Å². The number of nitrogens with one attached hydrogen (secondary N) is 1. The second-order valence-electron chi connectivity index (χ2n) is 5.37. The third kappa shape index (κ3) is 2.98. The molecule has 5 nitrogen and oxygen atoms in total. The first-order valence-corrected chi connectivity index (χ1v) is 8.37. The van der Waals surface area contributed by atoms with Gasteiger partial charge in [0.2, 0.25) is 10.0 Å². The van der Waals surface area contributed by atoms with Crippen LogP contribution in [0.5, 0.6) is 0 Å². The molecule has 2 N–H and O–H groups in total. The molecule has 0 aromatic carbocycles. The maximum Gasteiger partial charge on any atom is 0.346 e. The molecule has 1 saturated carbocycles. The van der Waals surface area contributed by atoms with Gasteiger partial charge in [-0.2, -0.15) is 0 Å². The second-order valence-corrected chi connectivity index (χ2v) is 8.42. The Morgan fingerprint density at radius 2 is 2.16 bits per heavy atom. The fourth-order valence-corrected chi connectivity index (χ4v) is 4.72. The Labute approximate surface area is 116 Å². The van der Waals surface area contributed by atoms with Crippen LogP contribution in [0.25, 0.3) is 0 Å². The van der Waals surface area contributed by atoms with E-state index in [1.165, 1.54) is 6.07 Å². The molecule has 0 bridgehead atoms. The summed E-state index contributed by atoms with van der Waals surface area (Å²) >= 11 is 0.801. The molecule has 0 unspecified atom stereocenters. The maximum atomic E-state index is 12.1. The predicted molar refractivity (Wildman–Crippen MR) is 73.2 cm³/mol. The van der Waals surface area contributed by atoms with Gasteiger partial charge in [-0.3, -0.25) is 0 Å². The lowest BCUT2D eigenvalue weighted by molar-refractivity contribution is 0.0701. The van der Waals surface area contributed by atoms with Gasteiger partial charge in [0.25, 0.3) is 0 Å². The molecule has 1 aromatic heterocycles. The highest BCUT2D eigenvalue weighted by Gasteiger charge is 2.33. The minimum absolute atomic E-state index is 0.0506. The Bertz CT molecular complexity index is 599. The van der Waals surface area contributed by atoms with E-state index in [-0.39, 0.29) is 14.5 Å². The van der Waals surface area contributed by atoms with Crippen LogP contribution in [0.1, 0.15) is 41.4 Å². The van der Waals surface area contributed by atoms with Gasteiger partial charge in [0, 0.05) is 6.54 Å². The summed E-state index contributed by atoms with van der Waals surface area (Å²) in [5, 5.41) is 8.95. The maximum absolute atomic E-state index is 12.1. The summed E-state index contributed by atoms with van der Waals surface area (Å²) in [6, 6.07) is 1.42. The number of thiophene rings is 1. The van der Waals surface area contributed by atoms with E-state index in [1.807, 2.05) is 0 Å². The first-order valence-electron chi connectivity index (χ1n) is 6.07. The molecule has 2 rings (SSSR count). The number of rotatable bonds is 5. The van der Waals surface area contributed by atoms with Gasteiger partial charge in [-0.05, 0) is 36.8 Å². The zero-order valence-electron chi connectivity index (χ0n) is 10.9. The van der Waals surface area contributed by atoms with Crippen LogP contribution in [0.3, 0.4) is 0 Å². The SMILES string of the molecule is Cc1cc(S(=O)(=O)NCC2(C)CCC2)sc1C(=O)O. The van der Waals surface area contributed by atoms with Crippen molar-refractivity contribution in [1.82, 2.24) is 4.72 Å². The highest BCUT2D eigenvalue weighted by molar-refractivity contribution is 7.91. The van der Waals surface area contributed by atoms with Crippen molar-refractivity contribution in [2.45, 2.75) is 37.3 Å². The van der Waals surface area contributed by atoms with E-state index >= 15 is 0 Å². The minimum atomic E-state index is -3.60. The van der Waals surface area contributed by atoms with E-state index in [2.05, 4.69) is 11.6 Å². The average Bonchev–Trinajstić information content (AvgIpc) is 2.67. The van der Waals surface area contributed by atoms with E-state index in [0.717, 1.165) is 30.6 Å². The molecular formula is C12H17NO4S2. The first kappa shape index (κ1) is 14.5. The lowest BCUT2D eigenvalue weighted by atomic mass is 9.71. The number of carboxylic acid groups (broad SMARTS) is 1. The van der Waals surface area contributed by atoms with E-state index in [0.29, 0.717) is 12.1 Å². The van der Waals surface area contributed by atoms with Crippen LogP contribution in [0.2, 0.25) is 0 Å². The zero-order chi connectivity index (χ0) is 14.3. The van der Waals surface area contributed by atoms with Crippen LogP contribution in [0, 0.1) is 12.3 Å². The van der Waals surface area contributed by atoms with Crippen molar-refractivity contribution in [3.63, 3.8) is 0 Å². The van der Waals surface area contributed by atoms with Crippen molar-refractivity contribution in [1.29, 1.82) is 0 Å². The van der Waals surface area contributed by atoms with Crippen LogP contribution in [0.4, 0.5) is 0 Å². The normalized spacial score (nSPS) is 18.0. The molecule has 0 aliphatic heterocycles. The molecule has 0 amide bonds. The minimum Gasteiger partial charge on any atom is -0.477 e. The molecule has 1 fully saturated rings. The molecular weight excluding hydrogens is 286 g/mol. The number of carboxylic acids is 1. The molecule has 1 aliphatic carbocycles. The zero-order valence-corrected chi connectivity index (χ0v) is 12.5. The lowest BCUT2D eigenvalue weighted by Crippen LogP contribution is -2.39. The third-order valence-corrected chi connectivity index (χ3v) is 6.70. The summed E-state index contributed by atoms with van der Waals surface area (Å²) in [4.78, 5) is 11.0. The number of aryl methyl sites for hydroxylation is 1. The molecule has 7 heteroatoms. The molecule has 1 heterocycles. The van der Waals surface area contributed by atoms with Crippen LogP contribution in [-0.4, -0.2) is 26.0 Å². The van der Waals surface area contributed by atoms with E-state index < -0.39 is 16.0 Å². The summed E-state index contributed by atoms with van der Waals surface area (Å²) in [5.74, 6) is -1.09. The molecule has 0 atom stereocenters. The summed E-state index contributed by atoms with van der Waals surface area (Å²) in [7, 11) is -3.60. The topological polar surface area (TPSA) is 83.5 Å². The fraction of sp³-hybridized carbons (Fsp3) is 0.583. The van der Waals surface area contributed by atoms with Gasteiger partial charge in [-0.1, -0.05) is 13.3 Å². The lowest BCUT2D eigenvalue weighted by Gasteiger charge is -2.38. The summed E-state index contributed by atoms with van der Waals surface area (Å²) in [6.45, 7) is 4.07. The van der Waals surface area contributed by atoms with Crippen molar-refractivity contribution in [3.05, 3.63) is 16.5 Å². The largest absolute Gasteiger partial charge is 0.477 e. The van der Waals surface area contributed by atoms with E-state index in [1.54, 1.807) is 6.92 Å². The Balaban J connectivity index is 2.15. The number of sulfonamides is 1. The standard InChI is InChI=1S/C12H17NO4S2/c1-8-6-9(18-10(8)11(14)15)19(16,17)13-7-12(2)4-3-5-12/h6,13H,3-5,7H2,1-2H3,(H,14,15). The van der Waals surface area contributed by atoms with Gasteiger partial charge < -0.3 is 5.11 Å². The van der Waals surface area contributed by atoms with Gasteiger partial charge in [-0.15, -0.1) is 11.3 Å². The Hall–Kier alpha value is -0.920. The van der Waals surface area contributed by atoms with Gasteiger partial charge in [-0.25, -0.2) is 17.9 Å². The summed E-state index contributed by atoms with van der Waals surface area (Å²) < 4.78 is 26.9. The summed E-state index contributed by atoms with van der Waals surface area (Å²) in [6.07, 6.45) is 3.19. The molecule has 1 aromatic rings. The second kappa shape index (κ2) is 4.88. The number of aromatic carboxylic acids is 1. The van der Waals surface area contributed by atoms with Crippen molar-refractivity contribution < 1.29 is 18.3 Å². The predicted octanol–water partition coefficient (Wildman–Crippen LogP) is 2.22. The third-order valence-electron chi connectivity index (χ3n) is 3.60. The Morgan fingerprint density at radius 3 is 2.58 bits per heavy atom. The monoisotopic (exact) mass is 303 g/mol. The Kier molecular flexibility index (Phi) is 3.72. The van der Waals surface area contributed by atoms with Gasteiger partial charge in [0.1, 0.15) is 9.09 Å². The van der Waals surface area contributed by atoms with Gasteiger partial charge in [0.15, 0.2) is 0 Å². The van der Waals surface area contributed by atoms with Gasteiger partial charge >= 0.3 is 5.97 Å². The smallest absolute Gasteiger partial charge is 0.346 e. The summed E-state index contributed by atoms with van der Waals surface area (Å²) in [5.41, 5.74) is 0.530. The molecule has 19 heavy (non-hydrogen) atoms. The van der Waals surface area contributed by atoms with E-state index in [4.69, 9.17) is 5.11 Å². The number of hydrogen-bond acceptors (Lipinski definition) is 4. The van der Waals surface area contributed by atoms with Crippen molar-refractivity contribution >= 4 is 27.3 Å². The van der Waals surface area contributed by atoms with Crippen molar-refractivity contribution in [2.24, 2.45) is 5.41 Å². The quantitative estimate of drug-likeness (QED) is 0.873. The Morgan fingerprint density at radius 1 is 1.53 bits per heavy atom. The number of hydrogen-bond donors (Lipinski definition) is 2. The molecule has 0 radical (unpaired) electrons. The molecule has 0 spiro atoms. The molecule has 0 saturated heterocycles. The van der Waals surface area contributed by atoms with Crippen LogP contribution in [0.15, 0.2) is 10.3 Å². The highest BCUT2D eigenvalue weighted by atomic mass is 32.2. The van der Waals surface area contributed by atoms with Crippen LogP contribution < -0.4 is 4.72 Å². The van der Waals surface area contributed by atoms with Crippen molar-refractivity contribution in [3.8, 4) is 0 Å². The molecule has 106 valence electrons. The van der Waals surface area contributed by atoms with Crippen LogP contribution in [-0.2, 0) is 10.0 Å². The number of carbonyl (C=O) groups is 1. The average molecular weight is 303 g/mol. The van der Waals surface area contributed by atoms with E-state index in [9.17, 15) is 13.2 Å². The fourth-order valence-electron chi connectivity index (χ4n) is 2.10. The molecule has 1 aliphatic rings. The first-order chi connectivity index (χ1) is 8.73. The van der Waals surface area contributed by atoms with Gasteiger partial charge in [0.05, 0.1) is 0 Å².